The van der Waals surface area contributed by atoms with Crippen LogP contribution < -0.4 is 10.3 Å². The zero-order valence-electron chi connectivity index (χ0n) is 12.1. The third-order valence-electron chi connectivity index (χ3n) is 5.30. The van der Waals surface area contributed by atoms with E-state index in [9.17, 15) is 4.79 Å². The van der Waals surface area contributed by atoms with Crippen molar-refractivity contribution in [2.24, 2.45) is 17.3 Å². The Bertz CT molecular complexity index is 745. The average Bonchev–Trinajstić information content (AvgIpc) is 2.80. The van der Waals surface area contributed by atoms with E-state index in [1.165, 1.54) is 0 Å². The molecule has 1 aromatic heterocycles. The van der Waals surface area contributed by atoms with Crippen LogP contribution in [0.3, 0.4) is 0 Å². The predicted octanol–water partition coefficient (Wildman–Crippen LogP) is 3.19. The summed E-state index contributed by atoms with van der Waals surface area (Å²) >= 11 is 0. The van der Waals surface area contributed by atoms with Crippen LogP contribution in [0.4, 0.5) is 5.88 Å². The Kier molecular flexibility index (Phi) is 2.20. The van der Waals surface area contributed by atoms with Crippen molar-refractivity contribution in [2.45, 2.75) is 20.8 Å². The van der Waals surface area contributed by atoms with Crippen molar-refractivity contribution >= 4 is 16.9 Å². The van der Waals surface area contributed by atoms with E-state index in [1.54, 1.807) is 6.07 Å². The maximum Gasteiger partial charge on any atom is 0.200 e. The molecule has 1 aromatic carbocycles. The molecule has 4 rings (SSSR count). The van der Waals surface area contributed by atoms with Gasteiger partial charge in [0.25, 0.3) is 0 Å². The van der Waals surface area contributed by atoms with E-state index in [-0.39, 0.29) is 5.43 Å². The van der Waals surface area contributed by atoms with Crippen molar-refractivity contribution in [2.75, 3.05) is 18.0 Å². The minimum atomic E-state index is 0.0600. The van der Waals surface area contributed by atoms with E-state index in [0.717, 1.165) is 36.4 Å². The second kappa shape index (κ2) is 3.66. The number of anilines is 1. The standard InChI is InChI=1S/C17H19NO2/c1-10-4-5-15-11(6-10)14(19)7-16(20-15)18-8-12-13(9-18)17(12,2)3/h4-7,12-13H,8-9H2,1-3H3. The molecule has 104 valence electrons. The molecule has 0 spiro atoms. The van der Waals surface area contributed by atoms with Crippen LogP contribution in [0, 0.1) is 24.2 Å². The molecule has 2 atom stereocenters. The monoisotopic (exact) mass is 269 g/mol. The Morgan fingerprint density at radius 2 is 1.90 bits per heavy atom. The van der Waals surface area contributed by atoms with Crippen molar-refractivity contribution < 1.29 is 4.42 Å². The summed E-state index contributed by atoms with van der Waals surface area (Å²) in [4.78, 5) is 14.5. The molecular formula is C17H19NO2. The van der Waals surface area contributed by atoms with E-state index in [1.807, 2.05) is 25.1 Å². The van der Waals surface area contributed by atoms with E-state index in [0.29, 0.717) is 16.4 Å². The highest BCUT2D eigenvalue weighted by atomic mass is 16.4. The summed E-state index contributed by atoms with van der Waals surface area (Å²) in [7, 11) is 0. The first kappa shape index (κ1) is 12.0. The van der Waals surface area contributed by atoms with Gasteiger partial charge in [-0.15, -0.1) is 0 Å². The molecule has 1 aliphatic heterocycles. The molecule has 0 N–H and O–H groups in total. The molecule has 0 bridgehead atoms. The fourth-order valence-electron chi connectivity index (χ4n) is 3.73. The summed E-state index contributed by atoms with van der Waals surface area (Å²) in [5.41, 5.74) is 2.31. The molecule has 2 unspecified atom stereocenters. The van der Waals surface area contributed by atoms with Crippen LogP contribution in [0.2, 0.25) is 0 Å². The highest BCUT2D eigenvalue weighted by Gasteiger charge is 2.62. The lowest BCUT2D eigenvalue weighted by Crippen LogP contribution is -2.26. The number of fused-ring (bicyclic) bond motifs is 2. The highest BCUT2D eigenvalue weighted by molar-refractivity contribution is 5.78. The van der Waals surface area contributed by atoms with Gasteiger partial charge >= 0.3 is 0 Å². The van der Waals surface area contributed by atoms with Crippen molar-refractivity contribution in [1.29, 1.82) is 0 Å². The molecule has 1 saturated heterocycles. The first-order valence-corrected chi connectivity index (χ1v) is 7.26. The lowest BCUT2D eigenvalue weighted by molar-refractivity contribution is 0.479. The first-order valence-electron chi connectivity index (χ1n) is 7.26. The fraction of sp³-hybridized carbons (Fsp3) is 0.471. The van der Waals surface area contributed by atoms with Crippen molar-refractivity contribution in [3.8, 4) is 0 Å². The topological polar surface area (TPSA) is 33.5 Å². The quantitative estimate of drug-likeness (QED) is 0.797. The number of piperidine rings is 1. The summed E-state index contributed by atoms with van der Waals surface area (Å²) in [6.07, 6.45) is 0. The van der Waals surface area contributed by atoms with Gasteiger partial charge in [0.2, 0.25) is 0 Å². The van der Waals surface area contributed by atoms with Gasteiger partial charge in [0.05, 0.1) is 5.39 Å². The Labute approximate surface area is 118 Å². The predicted molar refractivity (Wildman–Crippen MR) is 80.2 cm³/mol. The second-order valence-electron chi connectivity index (χ2n) is 6.89. The molecular weight excluding hydrogens is 250 g/mol. The van der Waals surface area contributed by atoms with Gasteiger partial charge in [0.1, 0.15) is 5.58 Å². The van der Waals surface area contributed by atoms with Crippen LogP contribution in [0.25, 0.3) is 11.0 Å². The molecule has 1 saturated carbocycles. The molecule has 2 fully saturated rings. The largest absolute Gasteiger partial charge is 0.440 e. The molecule has 0 radical (unpaired) electrons. The Balaban J connectivity index is 1.72. The van der Waals surface area contributed by atoms with Gasteiger partial charge in [-0.25, -0.2) is 0 Å². The second-order valence-corrected chi connectivity index (χ2v) is 6.89. The Morgan fingerprint density at radius 3 is 2.60 bits per heavy atom. The van der Waals surface area contributed by atoms with Gasteiger partial charge < -0.3 is 9.32 Å². The maximum atomic E-state index is 12.2. The lowest BCUT2D eigenvalue weighted by Gasteiger charge is -2.22. The molecule has 2 heterocycles. The summed E-state index contributed by atoms with van der Waals surface area (Å²) < 4.78 is 5.94. The van der Waals surface area contributed by atoms with E-state index in [2.05, 4.69) is 18.7 Å². The lowest BCUT2D eigenvalue weighted by atomic mass is 10.1. The van der Waals surface area contributed by atoms with Crippen molar-refractivity contribution in [3.63, 3.8) is 0 Å². The van der Waals surface area contributed by atoms with E-state index >= 15 is 0 Å². The Morgan fingerprint density at radius 1 is 1.20 bits per heavy atom. The number of hydrogen-bond donors (Lipinski definition) is 0. The third-order valence-corrected chi connectivity index (χ3v) is 5.30. The molecule has 2 aromatic rings. The zero-order valence-corrected chi connectivity index (χ0v) is 12.1. The minimum Gasteiger partial charge on any atom is -0.440 e. The summed E-state index contributed by atoms with van der Waals surface area (Å²) in [6, 6.07) is 7.44. The molecule has 0 amide bonds. The van der Waals surface area contributed by atoms with Crippen molar-refractivity contribution in [1.82, 2.24) is 0 Å². The van der Waals surface area contributed by atoms with Crippen LogP contribution in [-0.2, 0) is 0 Å². The first-order chi connectivity index (χ1) is 9.46. The van der Waals surface area contributed by atoms with Crippen molar-refractivity contribution in [3.05, 3.63) is 40.1 Å². The Hall–Kier alpha value is -1.77. The zero-order chi connectivity index (χ0) is 14.1. The number of aryl methyl sites for hydroxylation is 1. The third kappa shape index (κ3) is 1.55. The summed E-state index contributed by atoms with van der Waals surface area (Å²) in [5, 5.41) is 0.679. The molecule has 3 heteroatoms. The van der Waals surface area contributed by atoms with Crippen LogP contribution >= 0.6 is 0 Å². The smallest absolute Gasteiger partial charge is 0.200 e. The summed E-state index contributed by atoms with van der Waals surface area (Å²) in [6.45, 7) is 8.68. The number of hydrogen-bond acceptors (Lipinski definition) is 3. The number of rotatable bonds is 1. The van der Waals surface area contributed by atoms with E-state index < -0.39 is 0 Å². The summed E-state index contributed by atoms with van der Waals surface area (Å²) in [5.74, 6) is 2.23. The molecule has 1 aliphatic carbocycles. The average molecular weight is 269 g/mol. The fourth-order valence-corrected chi connectivity index (χ4v) is 3.73. The van der Waals surface area contributed by atoms with Crippen LogP contribution in [0.5, 0.6) is 0 Å². The van der Waals surface area contributed by atoms with Gasteiger partial charge in [-0.3, -0.25) is 4.79 Å². The molecule has 2 aliphatic rings. The SMILES string of the molecule is Cc1ccc2oc(N3CC4C(C3)C4(C)C)cc(=O)c2c1. The number of benzene rings is 1. The van der Waals surface area contributed by atoms with Gasteiger partial charge in [0, 0.05) is 19.2 Å². The van der Waals surface area contributed by atoms with Gasteiger partial charge in [-0.05, 0) is 36.3 Å². The van der Waals surface area contributed by atoms with E-state index in [4.69, 9.17) is 4.42 Å². The van der Waals surface area contributed by atoms with Crippen LogP contribution in [0.1, 0.15) is 19.4 Å². The molecule has 20 heavy (non-hydrogen) atoms. The maximum absolute atomic E-state index is 12.2. The van der Waals surface area contributed by atoms with Crippen LogP contribution in [0.15, 0.2) is 33.5 Å². The normalized spacial score (nSPS) is 26.9. The van der Waals surface area contributed by atoms with Crippen LogP contribution in [-0.4, -0.2) is 13.1 Å². The van der Waals surface area contributed by atoms with Gasteiger partial charge in [-0.1, -0.05) is 25.5 Å². The highest BCUT2D eigenvalue weighted by Crippen LogP contribution is 2.62. The molecule has 3 nitrogen and oxygen atoms in total. The number of nitrogens with zero attached hydrogens (tertiary/aromatic N) is 1. The minimum absolute atomic E-state index is 0.0600. The van der Waals surface area contributed by atoms with Gasteiger partial charge in [-0.2, -0.15) is 0 Å². The van der Waals surface area contributed by atoms with Gasteiger partial charge in [0.15, 0.2) is 11.3 Å².